The van der Waals surface area contributed by atoms with E-state index in [0.717, 1.165) is 28.4 Å². The molecule has 0 amide bonds. The summed E-state index contributed by atoms with van der Waals surface area (Å²) < 4.78 is 12.3. The number of nitrogens with zero attached hydrogens (tertiary/aromatic N) is 3. The van der Waals surface area contributed by atoms with Crippen LogP contribution in [0.1, 0.15) is 39.4 Å². The first-order valence-corrected chi connectivity index (χ1v) is 12.0. The van der Waals surface area contributed by atoms with Crippen LogP contribution in [0.4, 0.5) is 0 Å². The minimum atomic E-state index is -0.373. The second-order valence-corrected chi connectivity index (χ2v) is 8.83. The molecule has 7 nitrogen and oxygen atoms in total. The highest BCUT2D eigenvalue weighted by atomic mass is 32.1. The minimum absolute atomic E-state index is 0.147. The van der Waals surface area contributed by atoms with Gasteiger partial charge in [0.15, 0.2) is 5.11 Å². The molecule has 0 saturated carbocycles. The van der Waals surface area contributed by atoms with Gasteiger partial charge in [-0.15, -0.1) is 0 Å². The van der Waals surface area contributed by atoms with Gasteiger partial charge in [-0.2, -0.15) is 0 Å². The minimum Gasteiger partial charge on any atom is -0.497 e. The Morgan fingerprint density at radius 3 is 2.58 bits per heavy atom. The summed E-state index contributed by atoms with van der Waals surface area (Å²) in [6.45, 7) is 0.608. The fraction of sp³-hybridized carbons (Fsp3) is 0.179. The molecule has 5 rings (SSSR count). The number of esters is 1. The lowest BCUT2D eigenvalue weighted by Crippen LogP contribution is -2.30. The maximum absolute atomic E-state index is 12.2. The molecule has 36 heavy (non-hydrogen) atoms. The summed E-state index contributed by atoms with van der Waals surface area (Å²) in [5.74, 6) is 0.435. The lowest BCUT2D eigenvalue weighted by molar-refractivity contribution is 0.0600. The summed E-state index contributed by atoms with van der Waals surface area (Å²) in [7, 11) is 3.04. The fourth-order valence-corrected chi connectivity index (χ4v) is 4.90. The predicted octanol–water partition coefficient (Wildman–Crippen LogP) is 4.84. The maximum Gasteiger partial charge on any atom is 0.337 e. The van der Waals surface area contributed by atoms with Crippen LogP contribution in [-0.4, -0.2) is 39.8 Å². The average Bonchev–Trinajstić information content (AvgIpc) is 3.53. The Kier molecular flexibility index (Phi) is 6.69. The van der Waals surface area contributed by atoms with E-state index < -0.39 is 0 Å². The van der Waals surface area contributed by atoms with Crippen molar-refractivity contribution in [2.24, 2.45) is 0 Å². The Hall–Kier alpha value is -4.17. The molecule has 0 bridgehead atoms. The van der Waals surface area contributed by atoms with Gasteiger partial charge in [-0.1, -0.05) is 24.3 Å². The first-order valence-electron chi connectivity index (χ1n) is 11.6. The van der Waals surface area contributed by atoms with Crippen LogP contribution in [0.15, 0.2) is 91.3 Å². The molecule has 0 aliphatic carbocycles. The molecule has 3 heterocycles. The summed E-state index contributed by atoms with van der Waals surface area (Å²) in [6.07, 6.45) is 3.79. The zero-order valence-corrected chi connectivity index (χ0v) is 20.8. The van der Waals surface area contributed by atoms with Gasteiger partial charge in [0.1, 0.15) is 5.75 Å². The van der Waals surface area contributed by atoms with E-state index in [4.69, 9.17) is 21.7 Å². The molecule has 0 spiro atoms. The summed E-state index contributed by atoms with van der Waals surface area (Å²) >= 11 is 5.84. The zero-order chi connectivity index (χ0) is 25.1. The van der Waals surface area contributed by atoms with Gasteiger partial charge in [-0.25, -0.2) is 4.79 Å². The Bertz CT molecular complexity index is 1370. The highest BCUT2D eigenvalue weighted by Gasteiger charge is 2.41. The molecule has 182 valence electrons. The summed E-state index contributed by atoms with van der Waals surface area (Å²) in [6, 6.07) is 25.1. The number of thiocarbonyl (C=S) groups is 1. The first-order chi connectivity index (χ1) is 17.6. The number of ether oxygens (including phenoxy) is 2. The van der Waals surface area contributed by atoms with Crippen molar-refractivity contribution in [3.63, 3.8) is 0 Å². The van der Waals surface area contributed by atoms with E-state index >= 15 is 0 Å². The van der Waals surface area contributed by atoms with Crippen LogP contribution in [0.25, 0.3) is 5.69 Å². The molecule has 1 aliphatic rings. The van der Waals surface area contributed by atoms with Gasteiger partial charge in [-0.05, 0) is 72.4 Å². The average molecular weight is 499 g/mol. The molecule has 0 unspecified atom stereocenters. The number of rotatable bonds is 7. The third kappa shape index (κ3) is 4.55. The number of benzene rings is 2. The largest absolute Gasteiger partial charge is 0.497 e. The lowest BCUT2D eigenvalue weighted by atomic mass is 10.0. The Morgan fingerprint density at radius 2 is 1.86 bits per heavy atom. The van der Waals surface area contributed by atoms with Crippen LogP contribution in [0.5, 0.6) is 5.75 Å². The lowest BCUT2D eigenvalue weighted by Gasteiger charge is -2.29. The number of methoxy groups -OCH3 is 2. The van der Waals surface area contributed by atoms with E-state index in [1.54, 1.807) is 19.4 Å². The van der Waals surface area contributed by atoms with Crippen molar-refractivity contribution >= 4 is 23.3 Å². The highest BCUT2D eigenvalue weighted by Crippen LogP contribution is 2.40. The van der Waals surface area contributed by atoms with Gasteiger partial charge >= 0.3 is 5.97 Å². The van der Waals surface area contributed by atoms with Gasteiger partial charge in [0.05, 0.1) is 37.6 Å². The second-order valence-electron chi connectivity index (χ2n) is 8.45. The topological polar surface area (TPSA) is 68.6 Å². The number of aromatic nitrogens is 2. The molecular formula is C28H26N4O3S. The standard InChI is InChI=1S/C28H26N4O3S/c1-34-22-13-11-19(12-14-22)18-32-26(25(30-28(32)36)23-9-3-4-15-29-23)24-10-6-16-31(24)21-8-5-7-20(17-21)27(33)35-2/h3-17,25-26H,18H2,1-2H3,(H,30,36)/t25-,26+/m1/s1. The number of carbonyl (C=O) groups is 1. The van der Waals surface area contributed by atoms with Crippen molar-refractivity contribution in [1.82, 2.24) is 19.8 Å². The van der Waals surface area contributed by atoms with E-state index in [0.29, 0.717) is 17.2 Å². The molecule has 2 aromatic heterocycles. The molecule has 4 aromatic rings. The number of hydrogen-bond donors (Lipinski definition) is 1. The monoisotopic (exact) mass is 498 g/mol. The molecular weight excluding hydrogens is 472 g/mol. The van der Waals surface area contributed by atoms with Crippen LogP contribution in [-0.2, 0) is 11.3 Å². The van der Waals surface area contributed by atoms with E-state index in [-0.39, 0.29) is 18.1 Å². The van der Waals surface area contributed by atoms with E-state index in [1.165, 1.54) is 7.11 Å². The third-order valence-electron chi connectivity index (χ3n) is 6.34. The zero-order valence-electron chi connectivity index (χ0n) is 20.0. The highest BCUT2D eigenvalue weighted by molar-refractivity contribution is 7.80. The smallest absolute Gasteiger partial charge is 0.337 e. The van der Waals surface area contributed by atoms with E-state index in [1.807, 2.05) is 72.9 Å². The predicted molar refractivity (Wildman–Crippen MR) is 141 cm³/mol. The van der Waals surface area contributed by atoms with E-state index in [9.17, 15) is 4.79 Å². The Balaban J connectivity index is 1.57. The maximum atomic E-state index is 12.2. The number of hydrogen-bond acceptors (Lipinski definition) is 5. The van der Waals surface area contributed by atoms with Crippen molar-refractivity contribution in [1.29, 1.82) is 0 Å². The van der Waals surface area contributed by atoms with Crippen molar-refractivity contribution < 1.29 is 14.3 Å². The number of pyridine rings is 1. The van der Waals surface area contributed by atoms with Crippen molar-refractivity contribution in [2.45, 2.75) is 18.6 Å². The van der Waals surface area contributed by atoms with Gasteiger partial charge in [0.2, 0.25) is 0 Å². The van der Waals surface area contributed by atoms with Gasteiger partial charge in [-0.3, -0.25) is 4.98 Å². The first kappa shape index (κ1) is 23.6. The molecule has 2 aromatic carbocycles. The summed E-state index contributed by atoms with van der Waals surface area (Å²) in [5.41, 5.74) is 4.38. The van der Waals surface area contributed by atoms with Crippen molar-refractivity contribution in [3.8, 4) is 11.4 Å². The third-order valence-corrected chi connectivity index (χ3v) is 6.69. The molecule has 1 aliphatic heterocycles. The van der Waals surface area contributed by atoms with Gasteiger partial charge in [0, 0.05) is 30.3 Å². The number of carbonyl (C=O) groups excluding carboxylic acids is 1. The van der Waals surface area contributed by atoms with Crippen LogP contribution in [0.3, 0.4) is 0 Å². The van der Waals surface area contributed by atoms with Crippen LogP contribution in [0.2, 0.25) is 0 Å². The molecule has 1 fully saturated rings. The normalized spacial score (nSPS) is 17.1. The quantitative estimate of drug-likeness (QED) is 0.289. The summed E-state index contributed by atoms with van der Waals surface area (Å²) in [4.78, 5) is 19.0. The SMILES string of the molecule is COC(=O)c1cccc(-n2cccc2[C@H]2[C@@H](c3ccccn3)NC(=S)N2Cc2ccc(OC)cc2)c1. The Morgan fingerprint density at radius 1 is 1.03 bits per heavy atom. The molecule has 0 radical (unpaired) electrons. The fourth-order valence-electron chi connectivity index (χ4n) is 4.60. The van der Waals surface area contributed by atoms with E-state index in [2.05, 4.69) is 25.8 Å². The van der Waals surface area contributed by atoms with Crippen LogP contribution < -0.4 is 10.1 Å². The molecule has 1 saturated heterocycles. The van der Waals surface area contributed by atoms with Gasteiger partial charge < -0.3 is 24.3 Å². The Labute approximate surface area is 215 Å². The molecule has 8 heteroatoms. The van der Waals surface area contributed by atoms with Crippen molar-refractivity contribution in [3.05, 3.63) is 114 Å². The number of nitrogens with one attached hydrogen (secondary N) is 1. The molecule has 2 atom stereocenters. The second kappa shape index (κ2) is 10.2. The van der Waals surface area contributed by atoms with Crippen LogP contribution in [0, 0.1) is 0 Å². The van der Waals surface area contributed by atoms with Crippen molar-refractivity contribution in [2.75, 3.05) is 14.2 Å². The summed E-state index contributed by atoms with van der Waals surface area (Å²) in [5, 5.41) is 4.16. The molecule has 1 N–H and O–H groups in total. The van der Waals surface area contributed by atoms with Crippen LogP contribution >= 0.6 is 12.2 Å². The van der Waals surface area contributed by atoms with Gasteiger partial charge in [0.25, 0.3) is 0 Å².